The zero-order valence-electron chi connectivity index (χ0n) is 12.6. The molecule has 1 unspecified atom stereocenters. The summed E-state index contributed by atoms with van der Waals surface area (Å²) in [5, 5.41) is 4.11. The fourth-order valence-electron chi connectivity index (χ4n) is 2.74. The highest BCUT2D eigenvalue weighted by atomic mass is 35.5. The summed E-state index contributed by atoms with van der Waals surface area (Å²) < 4.78 is 23.5. The normalized spacial score (nSPS) is 21.5. The SMILES string of the molecule is CCCNCc1c(Cl)cccc1N1CCS(=O)(=O)CC1C. The second kappa shape index (κ2) is 6.99. The monoisotopic (exact) mass is 330 g/mol. The lowest BCUT2D eigenvalue weighted by Crippen LogP contribution is -2.47. The highest BCUT2D eigenvalue weighted by Gasteiger charge is 2.29. The molecule has 4 nitrogen and oxygen atoms in total. The molecule has 1 N–H and O–H groups in total. The molecule has 21 heavy (non-hydrogen) atoms. The van der Waals surface area contributed by atoms with Gasteiger partial charge in [-0.15, -0.1) is 0 Å². The van der Waals surface area contributed by atoms with Gasteiger partial charge in [-0.05, 0) is 32.0 Å². The van der Waals surface area contributed by atoms with Gasteiger partial charge in [0, 0.05) is 35.4 Å². The van der Waals surface area contributed by atoms with Gasteiger partial charge < -0.3 is 10.2 Å². The molecule has 0 amide bonds. The first kappa shape index (κ1) is 16.6. The number of benzene rings is 1. The van der Waals surface area contributed by atoms with Gasteiger partial charge in [0.05, 0.1) is 11.5 Å². The molecule has 2 rings (SSSR count). The molecule has 1 aromatic rings. The average molecular weight is 331 g/mol. The van der Waals surface area contributed by atoms with E-state index in [4.69, 9.17) is 11.6 Å². The molecule has 0 spiro atoms. The number of halogens is 1. The lowest BCUT2D eigenvalue weighted by molar-refractivity contribution is 0.567. The first-order chi connectivity index (χ1) is 9.94. The number of hydrogen-bond donors (Lipinski definition) is 1. The van der Waals surface area contributed by atoms with E-state index in [0.29, 0.717) is 13.1 Å². The lowest BCUT2D eigenvalue weighted by Gasteiger charge is -2.36. The van der Waals surface area contributed by atoms with Crippen molar-refractivity contribution in [1.82, 2.24) is 5.32 Å². The van der Waals surface area contributed by atoms with Gasteiger partial charge in [-0.3, -0.25) is 0 Å². The highest BCUT2D eigenvalue weighted by molar-refractivity contribution is 7.91. The van der Waals surface area contributed by atoms with Gasteiger partial charge in [0.25, 0.3) is 0 Å². The van der Waals surface area contributed by atoms with Crippen LogP contribution in [-0.4, -0.2) is 39.1 Å². The Balaban J connectivity index is 2.24. The van der Waals surface area contributed by atoms with Crippen LogP contribution in [0.4, 0.5) is 5.69 Å². The van der Waals surface area contributed by atoms with Crippen molar-refractivity contribution in [2.45, 2.75) is 32.9 Å². The van der Waals surface area contributed by atoms with Crippen LogP contribution < -0.4 is 10.2 Å². The summed E-state index contributed by atoms with van der Waals surface area (Å²) in [5.41, 5.74) is 2.10. The lowest BCUT2D eigenvalue weighted by atomic mass is 10.1. The van der Waals surface area contributed by atoms with E-state index in [9.17, 15) is 8.42 Å². The Bertz CT molecular complexity index is 589. The Morgan fingerprint density at radius 1 is 1.43 bits per heavy atom. The van der Waals surface area contributed by atoms with Crippen LogP contribution in [0.5, 0.6) is 0 Å². The minimum absolute atomic E-state index is 0.0212. The van der Waals surface area contributed by atoms with Crippen molar-refractivity contribution in [3.05, 3.63) is 28.8 Å². The van der Waals surface area contributed by atoms with Crippen molar-refractivity contribution in [1.29, 1.82) is 0 Å². The van der Waals surface area contributed by atoms with E-state index in [1.807, 2.05) is 25.1 Å². The third-order valence-electron chi connectivity index (χ3n) is 3.80. The average Bonchev–Trinajstić information content (AvgIpc) is 2.40. The molecule has 1 atom stereocenters. The molecule has 0 saturated carbocycles. The second-order valence-corrected chi connectivity index (χ2v) is 8.21. The van der Waals surface area contributed by atoms with Crippen LogP contribution >= 0.6 is 11.6 Å². The van der Waals surface area contributed by atoms with Crippen LogP contribution in [0.15, 0.2) is 18.2 Å². The summed E-state index contributed by atoms with van der Waals surface area (Å²) in [6.07, 6.45) is 1.07. The topological polar surface area (TPSA) is 49.4 Å². The number of nitrogens with zero attached hydrogens (tertiary/aromatic N) is 1. The van der Waals surface area contributed by atoms with E-state index < -0.39 is 9.84 Å². The maximum absolute atomic E-state index is 11.7. The second-order valence-electron chi connectivity index (χ2n) is 5.57. The molecule has 1 heterocycles. The fraction of sp³-hybridized carbons (Fsp3) is 0.600. The number of sulfone groups is 1. The maximum Gasteiger partial charge on any atom is 0.154 e. The van der Waals surface area contributed by atoms with Crippen molar-refractivity contribution in [2.24, 2.45) is 0 Å². The van der Waals surface area contributed by atoms with Gasteiger partial charge >= 0.3 is 0 Å². The van der Waals surface area contributed by atoms with Crippen molar-refractivity contribution in [3.63, 3.8) is 0 Å². The van der Waals surface area contributed by atoms with E-state index >= 15 is 0 Å². The van der Waals surface area contributed by atoms with Crippen molar-refractivity contribution >= 4 is 27.1 Å². The van der Waals surface area contributed by atoms with Crippen molar-refractivity contribution in [3.8, 4) is 0 Å². The van der Waals surface area contributed by atoms with Crippen LogP contribution in [0.2, 0.25) is 5.02 Å². The van der Waals surface area contributed by atoms with Crippen LogP contribution in [0, 0.1) is 0 Å². The minimum atomic E-state index is -2.91. The number of nitrogens with one attached hydrogen (secondary N) is 1. The number of hydrogen-bond acceptors (Lipinski definition) is 4. The van der Waals surface area contributed by atoms with Gasteiger partial charge in [-0.2, -0.15) is 0 Å². The van der Waals surface area contributed by atoms with Crippen LogP contribution in [0.3, 0.4) is 0 Å². The smallest absolute Gasteiger partial charge is 0.154 e. The van der Waals surface area contributed by atoms with Gasteiger partial charge in [0.15, 0.2) is 9.84 Å². The molecule has 1 fully saturated rings. The third kappa shape index (κ3) is 4.11. The molecular formula is C15H23ClN2O2S. The summed E-state index contributed by atoms with van der Waals surface area (Å²) >= 11 is 6.35. The Morgan fingerprint density at radius 3 is 2.86 bits per heavy atom. The summed E-state index contributed by atoms with van der Waals surface area (Å²) in [4.78, 5) is 2.16. The van der Waals surface area contributed by atoms with E-state index in [1.165, 1.54) is 0 Å². The Labute approximate surface area is 132 Å². The Morgan fingerprint density at radius 2 is 2.19 bits per heavy atom. The Kier molecular flexibility index (Phi) is 5.52. The van der Waals surface area contributed by atoms with E-state index in [2.05, 4.69) is 17.1 Å². The summed E-state index contributed by atoms with van der Waals surface area (Å²) in [6.45, 7) is 6.26. The maximum atomic E-state index is 11.7. The molecule has 6 heteroatoms. The summed E-state index contributed by atoms with van der Waals surface area (Å²) in [7, 11) is -2.91. The molecular weight excluding hydrogens is 308 g/mol. The predicted molar refractivity (Wildman–Crippen MR) is 88.9 cm³/mol. The highest BCUT2D eigenvalue weighted by Crippen LogP contribution is 2.30. The molecule has 1 saturated heterocycles. The van der Waals surface area contributed by atoms with Crippen LogP contribution in [-0.2, 0) is 16.4 Å². The molecule has 118 valence electrons. The molecule has 0 aliphatic carbocycles. The standard InChI is InChI=1S/C15H23ClN2O2S/c1-3-7-17-10-13-14(16)5-4-6-15(13)18-8-9-21(19,20)11-12(18)2/h4-6,12,17H,3,7-11H2,1-2H3. The molecule has 0 bridgehead atoms. The fourth-order valence-corrected chi connectivity index (χ4v) is 4.53. The molecule has 1 aliphatic heterocycles. The van der Waals surface area contributed by atoms with Gasteiger partial charge in [-0.25, -0.2) is 8.42 Å². The van der Waals surface area contributed by atoms with Crippen LogP contribution in [0.25, 0.3) is 0 Å². The molecule has 0 radical (unpaired) electrons. The zero-order chi connectivity index (χ0) is 15.5. The Hall–Kier alpha value is -0.780. The van der Waals surface area contributed by atoms with Gasteiger partial charge in [0.2, 0.25) is 0 Å². The molecule has 1 aromatic carbocycles. The third-order valence-corrected chi connectivity index (χ3v) is 5.95. The number of anilines is 1. The van der Waals surface area contributed by atoms with Gasteiger partial charge in [0.1, 0.15) is 0 Å². The van der Waals surface area contributed by atoms with Gasteiger partial charge in [-0.1, -0.05) is 24.6 Å². The largest absolute Gasteiger partial charge is 0.366 e. The van der Waals surface area contributed by atoms with Crippen molar-refractivity contribution < 1.29 is 8.42 Å². The van der Waals surface area contributed by atoms with E-state index in [0.717, 1.165) is 29.2 Å². The minimum Gasteiger partial charge on any atom is -0.366 e. The summed E-state index contributed by atoms with van der Waals surface area (Å²) in [5.74, 6) is 0.424. The number of rotatable bonds is 5. The zero-order valence-corrected chi connectivity index (χ0v) is 14.2. The summed E-state index contributed by atoms with van der Waals surface area (Å²) in [6, 6.07) is 5.83. The van der Waals surface area contributed by atoms with Crippen LogP contribution in [0.1, 0.15) is 25.8 Å². The van der Waals surface area contributed by atoms with E-state index in [-0.39, 0.29) is 17.5 Å². The first-order valence-electron chi connectivity index (χ1n) is 7.40. The van der Waals surface area contributed by atoms with Crippen molar-refractivity contribution in [2.75, 3.05) is 29.5 Å². The first-order valence-corrected chi connectivity index (χ1v) is 9.59. The predicted octanol–water partition coefficient (Wildman–Crippen LogP) is 2.46. The quantitative estimate of drug-likeness (QED) is 0.843. The molecule has 0 aromatic heterocycles. The van der Waals surface area contributed by atoms with E-state index in [1.54, 1.807) is 0 Å². The molecule has 1 aliphatic rings.